The molecule has 0 saturated carbocycles. The summed E-state index contributed by atoms with van der Waals surface area (Å²) in [4.78, 5) is 68.4. The van der Waals surface area contributed by atoms with Crippen molar-refractivity contribution in [1.82, 2.24) is 20.0 Å². The van der Waals surface area contributed by atoms with Gasteiger partial charge in [0, 0.05) is 51.4 Å². The lowest BCUT2D eigenvalue weighted by Crippen LogP contribution is -2.54. The Labute approximate surface area is 209 Å². The summed E-state index contributed by atoms with van der Waals surface area (Å²) < 4.78 is 0. The van der Waals surface area contributed by atoms with Crippen LogP contribution in [0.1, 0.15) is 46.4 Å². The summed E-state index contributed by atoms with van der Waals surface area (Å²) in [6.07, 6.45) is 2.37. The molecule has 4 aliphatic rings. The van der Waals surface area contributed by atoms with E-state index in [1.54, 1.807) is 12.1 Å². The number of rotatable bonds is 6. The maximum Gasteiger partial charge on any atom is 0.317 e. The molecule has 0 bridgehead atoms. The normalized spacial score (nSPS) is 25.8. The van der Waals surface area contributed by atoms with E-state index in [1.807, 2.05) is 11.0 Å². The quantitative estimate of drug-likeness (QED) is 0.522. The predicted molar refractivity (Wildman–Crippen MR) is 129 cm³/mol. The van der Waals surface area contributed by atoms with E-state index >= 15 is 0 Å². The first-order valence-corrected chi connectivity index (χ1v) is 12.6. The van der Waals surface area contributed by atoms with Gasteiger partial charge in [-0.25, -0.2) is 0 Å². The molecule has 192 valence electrons. The van der Waals surface area contributed by atoms with Crippen LogP contribution >= 0.6 is 0 Å². The van der Waals surface area contributed by atoms with Crippen molar-refractivity contribution < 1.29 is 29.1 Å². The third-order valence-electron chi connectivity index (χ3n) is 7.64. The average Bonchev–Trinajstić information content (AvgIpc) is 3.09. The minimum absolute atomic E-state index is 0.0950. The van der Waals surface area contributed by atoms with Crippen LogP contribution in [0.4, 0.5) is 5.69 Å². The molecule has 0 radical (unpaired) electrons. The number of aliphatic carboxylic acids is 1. The van der Waals surface area contributed by atoms with Crippen LogP contribution in [-0.4, -0.2) is 108 Å². The Bertz CT molecular complexity index is 1100. The zero-order valence-electron chi connectivity index (χ0n) is 20.1. The number of benzene rings is 1. The van der Waals surface area contributed by atoms with Gasteiger partial charge in [-0.15, -0.1) is 0 Å². The number of carboxylic acids is 1. The van der Waals surface area contributed by atoms with E-state index in [0.717, 1.165) is 69.2 Å². The zero-order valence-corrected chi connectivity index (χ0v) is 20.1. The minimum Gasteiger partial charge on any atom is -0.480 e. The number of nitrogens with zero attached hydrogens (tertiary/aromatic N) is 4. The van der Waals surface area contributed by atoms with Gasteiger partial charge in [-0.3, -0.25) is 44.0 Å². The molecule has 1 aromatic carbocycles. The number of piperidine rings is 2. The molecule has 2 unspecified atom stereocenters. The first-order chi connectivity index (χ1) is 17.3. The van der Waals surface area contributed by atoms with Crippen molar-refractivity contribution in [1.29, 1.82) is 0 Å². The van der Waals surface area contributed by atoms with Gasteiger partial charge >= 0.3 is 5.97 Å². The summed E-state index contributed by atoms with van der Waals surface area (Å²) in [6, 6.07) is 4.27. The molecule has 3 fully saturated rings. The molecule has 0 aromatic heterocycles. The summed E-state index contributed by atoms with van der Waals surface area (Å²) in [5.41, 5.74) is 1.45. The lowest BCUT2D eigenvalue weighted by molar-refractivity contribution is -0.139. The number of hydrogen-bond acceptors (Lipinski definition) is 8. The number of carbonyl (C=O) groups is 5. The van der Waals surface area contributed by atoms with Crippen LogP contribution in [0.15, 0.2) is 18.2 Å². The molecular weight excluding hydrogens is 466 g/mol. The van der Waals surface area contributed by atoms with Crippen LogP contribution < -0.4 is 10.2 Å². The van der Waals surface area contributed by atoms with Gasteiger partial charge in [0.1, 0.15) is 6.04 Å². The monoisotopic (exact) mass is 497 g/mol. The minimum atomic E-state index is -0.965. The Morgan fingerprint density at radius 3 is 2.42 bits per heavy atom. The Morgan fingerprint density at radius 1 is 0.944 bits per heavy atom. The number of imide groups is 2. The first kappa shape index (κ1) is 24.4. The first-order valence-electron chi connectivity index (χ1n) is 12.6. The van der Waals surface area contributed by atoms with Gasteiger partial charge < -0.3 is 10.0 Å². The van der Waals surface area contributed by atoms with Crippen LogP contribution in [0.5, 0.6) is 0 Å². The van der Waals surface area contributed by atoms with Crippen molar-refractivity contribution in [2.75, 3.05) is 57.3 Å². The molecule has 5 rings (SSSR count). The topological polar surface area (TPSA) is 131 Å². The summed E-state index contributed by atoms with van der Waals surface area (Å²) in [5, 5.41) is 11.3. The molecule has 0 aliphatic carbocycles. The van der Waals surface area contributed by atoms with Gasteiger partial charge in [0.05, 0.1) is 17.7 Å². The van der Waals surface area contributed by atoms with Crippen molar-refractivity contribution in [3.05, 3.63) is 29.3 Å². The number of anilines is 1. The van der Waals surface area contributed by atoms with Crippen molar-refractivity contribution in [3.8, 4) is 0 Å². The molecule has 4 heterocycles. The number of carbonyl (C=O) groups excluding carboxylic acids is 4. The molecule has 1 aromatic rings. The SMILES string of the molecule is O=C(O)CN1CCCC(CN2CCN(c3ccc4c(c3)C(=O)N(C3CCC(=O)NC3=O)C4=O)CC2)C1. The third-order valence-corrected chi connectivity index (χ3v) is 7.64. The van der Waals surface area contributed by atoms with Crippen LogP contribution in [0, 0.1) is 5.92 Å². The highest BCUT2D eigenvalue weighted by Gasteiger charge is 2.44. The lowest BCUT2D eigenvalue weighted by Gasteiger charge is -2.39. The summed E-state index contributed by atoms with van der Waals surface area (Å²) in [6.45, 7) is 6.00. The summed E-state index contributed by atoms with van der Waals surface area (Å²) in [7, 11) is 0. The van der Waals surface area contributed by atoms with Crippen LogP contribution in [0.2, 0.25) is 0 Å². The molecule has 4 aliphatic heterocycles. The van der Waals surface area contributed by atoms with E-state index in [0.29, 0.717) is 11.5 Å². The molecule has 3 saturated heterocycles. The molecule has 0 spiro atoms. The highest BCUT2D eigenvalue weighted by atomic mass is 16.4. The Hall–Kier alpha value is -3.31. The number of carboxylic acid groups (broad SMARTS) is 1. The average molecular weight is 498 g/mol. The van der Waals surface area contributed by atoms with Gasteiger partial charge in [0.2, 0.25) is 11.8 Å². The number of fused-ring (bicyclic) bond motifs is 1. The van der Waals surface area contributed by atoms with E-state index in [4.69, 9.17) is 5.11 Å². The van der Waals surface area contributed by atoms with Crippen molar-refractivity contribution in [2.24, 2.45) is 5.92 Å². The third kappa shape index (κ3) is 4.85. The summed E-state index contributed by atoms with van der Waals surface area (Å²) >= 11 is 0. The van der Waals surface area contributed by atoms with Crippen molar-refractivity contribution >= 4 is 35.3 Å². The molecule has 2 N–H and O–H groups in total. The van der Waals surface area contributed by atoms with E-state index in [9.17, 15) is 24.0 Å². The highest BCUT2D eigenvalue weighted by Crippen LogP contribution is 2.31. The molecule has 2 atom stereocenters. The van der Waals surface area contributed by atoms with Gasteiger partial charge in [-0.2, -0.15) is 0 Å². The van der Waals surface area contributed by atoms with E-state index < -0.39 is 35.6 Å². The Balaban J connectivity index is 1.19. The molecule has 4 amide bonds. The molecule has 11 heteroatoms. The van der Waals surface area contributed by atoms with Crippen molar-refractivity contribution in [2.45, 2.75) is 31.7 Å². The lowest BCUT2D eigenvalue weighted by atomic mass is 9.97. The van der Waals surface area contributed by atoms with Crippen molar-refractivity contribution in [3.63, 3.8) is 0 Å². The Morgan fingerprint density at radius 2 is 1.69 bits per heavy atom. The number of nitrogens with one attached hydrogen (secondary N) is 1. The van der Waals surface area contributed by atoms with Gasteiger partial charge in [-0.1, -0.05) is 0 Å². The van der Waals surface area contributed by atoms with Gasteiger partial charge in [0.25, 0.3) is 11.8 Å². The smallest absolute Gasteiger partial charge is 0.317 e. The second-order valence-corrected chi connectivity index (χ2v) is 10.1. The maximum absolute atomic E-state index is 13.1. The zero-order chi connectivity index (χ0) is 25.4. The fourth-order valence-electron chi connectivity index (χ4n) is 5.84. The molecule has 11 nitrogen and oxygen atoms in total. The van der Waals surface area contributed by atoms with Crippen LogP contribution in [-0.2, 0) is 14.4 Å². The number of likely N-dealkylation sites (tertiary alicyclic amines) is 1. The second kappa shape index (κ2) is 9.98. The fraction of sp³-hybridized carbons (Fsp3) is 0.560. The molecule has 36 heavy (non-hydrogen) atoms. The van der Waals surface area contributed by atoms with E-state index in [1.165, 1.54) is 0 Å². The Kier molecular flexibility index (Phi) is 6.76. The van der Waals surface area contributed by atoms with Crippen LogP contribution in [0.3, 0.4) is 0 Å². The number of hydrogen-bond donors (Lipinski definition) is 2. The largest absolute Gasteiger partial charge is 0.480 e. The van der Waals surface area contributed by atoms with E-state index in [-0.39, 0.29) is 24.9 Å². The number of amides is 4. The van der Waals surface area contributed by atoms with Crippen LogP contribution in [0.25, 0.3) is 0 Å². The number of piperazine rings is 1. The van der Waals surface area contributed by atoms with E-state index in [2.05, 4.69) is 15.1 Å². The highest BCUT2D eigenvalue weighted by molar-refractivity contribution is 6.23. The predicted octanol–water partition coefficient (Wildman–Crippen LogP) is 0.00640. The second-order valence-electron chi connectivity index (χ2n) is 10.1. The maximum atomic E-state index is 13.1. The summed E-state index contributed by atoms with van der Waals surface area (Å²) in [5.74, 6) is -2.31. The molecular formula is C25H31N5O6. The standard InChI is InChI=1S/C25H31N5O6/c31-21-6-5-20(23(34)26-21)30-24(35)18-4-3-17(12-19(18)25(30)36)29-10-8-27(9-11-29)13-16-2-1-7-28(14-16)15-22(32)33/h3-4,12,16,20H,1-2,5-11,13-15H2,(H,32,33)(H,26,31,34). The fourth-order valence-corrected chi connectivity index (χ4v) is 5.84. The van der Waals surface area contributed by atoms with Gasteiger partial charge in [-0.05, 0) is 49.9 Å². The van der Waals surface area contributed by atoms with Gasteiger partial charge in [0.15, 0.2) is 0 Å².